The van der Waals surface area contributed by atoms with Gasteiger partial charge in [-0.2, -0.15) is 0 Å². The SMILES string of the molecule is CC1=C2CC3(C)C(C)CCCC3(O)CC2(N)OC1=O. The maximum absolute atomic E-state index is 11.8. The van der Waals surface area contributed by atoms with Crippen LogP contribution in [0.5, 0.6) is 0 Å². The summed E-state index contributed by atoms with van der Waals surface area (Å²) in [7, 11) is 0. The number of carbonyl (C=O) groups is 1. The molecule has 4 nitrogen and oxygen atoms in total. The maximum atomic E-state index is 11.8. The van der Waals surface area contributed by atoms with Gasteiger partial charge >= 0.3 is 5.97 Å². The highest BCUT2D eigenvalue weighted by atomic mass is 16.6. The summed E-state index contributed by atoms with van der Waals surface area (Å²) in [6.45, 7) is 6.12. The summed E-state index contributed by atoms with van der Waals surface area (Å²) in [6.07, 6.45) is 3.88. The van der Waals surface area contributed by atoms with Gasteiger partial charge in [0.25, 0.3) is 0 Å². The first-order chi connectivity index (χ1) is 8.72. The summed E-state index contributed by atoms with van der Waals surface area (Å²) < 4.78 is 5.36. The molecule has 0 bridgehead atoms. The van der Waals surface area contributed by atoms with Gasteiger partial charge in [-0.1, -0.05) is 20.3 Å². The van der Waals surface area contributed by atoms with Crippen molar-refractivity contribution in [3.63, 3.8) is 0 Å². The van der Waals surface area contributed by atoms with Crippen molar-refractivity contribution < 1.29 is 14.6 Å². The van der Waals surface area contributed by atoms with Crippen LogP contribution >= 0.6 is 0 Å². The number of nitrogens with two attached hydrogens (primary N) is 1. The number of aliphatic hydroxyl groups is 1. The molecule has 106 valence electrons. The first-order valence-corrected chi connectivity index (χ1v) is 7.17. The van der Waals surface area contributed by atoms with Gasteiger partial charge in [0.1, 0.15) is 0 Å². The number of carbonyl (C=O) groups excluding carboxylic acids is 1. The first-order valence-electron chi connectivity index (χ1n) is 7.17. The zero-order valence-electron chi connectivity index (χ0n) is 12.0. The summed E-state index contributed by atoms with van der Waals surface area (Å²) in [5.74, 6) is 0.0998. The molecule has 3 rings (SSSR count). The van der Waals surface area contributed by atoms with Gasteiger partial charge in [0, 0.05) is 17.4 Å². The van der Waals surface area contributed by atoms with Gasteiger partial charge in [-0.3, -0.25) is 5.73 Å². The third-order valence-corrected chi connectivity index (χ3v) is 6.02. The Bertz CT molecular complexity index is 486. The Kier molecular flexibility index (Phi) is 2.50. The van der Waals surface area contributed by atoms with E-state index < -0.39 is 11.3 Å². The number of hydrogen-bond donors (Lipinski definition) is 2. The quantitative estimate of drug-likeness (QED) is 0.656. The molecule has 1 aliphatic heterocycles. The largest absolute Gasteiger partial charge is 0.437 e. The molecule has 3 aliphatic rings. The first kappa shape index (κ1) is 13.1. The molecule has 0 aromatic rings. The van der Waals surface area contributed by atoms with Crippen LogP contribution in [-0.4, -0.2) is 22.4 Å². The highest BCUT2D eigenvalue weighted by Crippen LogP contribution is 2.60. The summed E-state index contributed by atoms with van der Waals surface area (Å²) in [4.78, 5) is 11.8. The van der Waals surface area contributed by atoms with Gasteiger partial charge in [0.05, 0.1) is 5.60 Å². The van der Waals surface area contributed by atoms with Crippen molar-refractivity contribution in [2.75, 3.05) is 0 Å². The zero-order valence-corrected chi connectivity index (χ0v) is 12.0. The van der Waals surface area contributed by atoms with Crippen LogP contribution in [0.2, 0.25) is 0 Å². The van der Waals surface area contributed by atoms with Crippen LogP contribution in [0.15, 0.2) is 11.1 Å². The van der Waals surface area contributed by atoms with E-state index in [4.69, 9.17) is 10.5 Å². The Morgan fingerprint density at radius 1 is 1.47 bits per heavy atom. The molecule has 0 aromatic carbocycles. The van der Waals surface area contributed by atoms with E-state index in [1.165, 1.54) is 0 Å². The van der Waals surface area contributed by atoms with Crippen molar-refractivity contribution in [1.82, 2.24) is 0 Å². The molecule has 0 saturated heterocycles. The van der Waals surface area contributed by atoms with Crippen molar-refractivity contribution in [3.8, 4) is 0 Å². The topological polar surface area (TPSA) is 72.6 Å². The van der Waals surface area contributed by atoms with E-state index in [1.807, 2.05) is 0 Å². The van der Waals surface area contributed by atoms with Crippen LogP contribution in [0.1, 0.15) is 52.9 Å². The molecule has 1 heterocycles. The lowest BCUT2D eigenvalue weighted by molar-refractivity contribution is -0.192. The molecule has 0 radical (unpaired) electrons. The molecule has 0 aromatic heterocycles. The van der Waals surface area contributed by atoms with Crippen molar-refractivity contribution in [2.45, 2.75) is 64.2 Å². The van der Waals surface area contributed by atoms with Crippen LogP contribution in [0.4, 0.5) is 0 Å². The van der Waals surface area contributed by atoms with Crippen molar-refractivity contribution >= 4 is 5.97 Å². The Labute approximate surface area is 114 Å². The standard InChI is InChI=1S/C15H23NO3/c1-9-5-4-6-14(18)8-15(16)11(7-13(9,14)3)10(2)12(17)19-15/h9,18H,4-8,16H2,1-3H3. The smallest absolute Gasteiger partial charge is 0.335 e. The molecule has 2 saturated carbocycles. The number of fused-ring (bicyclic) bond motifs is 2. The molecule has 4 heteroatoms. The zero-order chi connectivity index (χ0) is 14.1. The van der Waals surface area contributed by atoms with Crippen LogP contribution < -0.4 is 5.73 Å². The summed E-state index contributed by atoms with van der Waals surface area (Å²) in [5.41, 5.74) is 5.71. The Morgan fingerprint density at radius 2 is 2.16 bits per heavy atom. The predicted octanol–water partition coefficient (Wildman–Crippen LogP) is 1.87. The third-order valence-electron chi connectivity index (χ3n) is 6.02. The average molecular weight is 265 g/mol. The minimum absolute atomic E-state index is 0.210. The van der Waals surface area contributed by atoms with Gasteiger partial charge in [-0.15, -0.1) is 0 Å². The second-order valence-electron chi connectivity index (χ2n) is 6.98. The Balaban J connectivity index is 2.09. The molecular weight excluding hydrogens is 242 g/mol. The molecule has 4 atom stereocenters. The number of rotatable bonds is 0. The molecule has 2 fully saturated rings. The minimum Gasteiger partial charge on any atom is -0.437 e. The van der Waals surface area contributed by atoms with E-state index in [-0.39, 0.29) is 11.4 Å². The summed E-state index contributed by atoms with van der Waals surface area (Å²) in [5, 5.41) is 11.1. The predicted molar refractivity (Wildman–Crippen MR) is 71.0 cm³/mol. The van der Waals surface area contributed by atoms with E-state index in [0.717, 1.165) is 24.8 Å². The lowest BCUT2D eigenvalue weighted by Gasteiger charge is -2.58. The van der Waals surface area contributed by atoms with E-state index >= 15 is 0 Å². The fourth-order valence-corrected chi connectivity index (χ4v) is 4.36. The van der Waals surface area contributed by atoms with Crippen LogP contribution in [0.25, 0.3) is 0 Å². The minimum atomic E-state index is -1.08. The third kappa shape index (κ3) is 1.50. The van der Waals surface area contributed by atoms with Gasteiger partial charge in [0.15, 0.2) is 5.72 Å². The average Bonchev–Trinajstić information content (AvgIpc) is 2.50. The van der Waals surface area contributed by atoms with Crippen molar-refractivity contribution in [2.24, 2.45) is 17.1 Å². The van der Waals surface area contributed by atoms with Crippen molar-refractivity contribution in [1.29, 1.82) is 0 Å². The fourth-order valence-electron chi connectivity index (χ4n) is 4.36. The van der Waals surface area contributed by atoms with Crippen molar-refractivity contribution in [3.05, 3.63) is 11.1 Å². The molecule has 19 heavy (non-hydrogen) atoms. The Hall–Kier alpha value is -0.870. The highest BCUT2D eigenvalue weighted by molar-refractivity contribution is 5.92. The summed E-state index contributed by atoms with van der Waals surface area (Å²) in [6, 6.07) is 0. The second-order valence-corrected chi connectivity index (χ2v) is 6.98. The van der Waals surface area contributed by atoms with Gasteiger partial charge in [0.2, 0.25) is 0 Å². The van der Waals surface area contributed by atoms with Crippen LogP contribution in [0, 0.1) is 11.3 Å². The Morgan fingerprint density at radius 3 is 2.84 bits per heavy atom. The van der Waals surface area contributed by atoms with E-state index in [2.05, 4.69) is 13.8 Å². The fraction of sp³-hybridized carbons (Fsp3) is 0.800. The monoisotopic (exact) mass is 265 g/mol. The van der Waals surface area contributed by atoms with Crippen LogP contribution in [0.3, 0.4) is 0 Å². The molecule has 3 N–H and O–H groups in total. The second kappa shape index (κ2) is 3.61. The highest BCUT2D eigenvalue weighted by Gasteiger charge is 2.63. The number of ether oxygens (including phenoxy) is 1. The van der Waals surface area contributed by atoms with Gasteiger partial charge in [-0.05, 0) is 37.7 Å². The molecule has 0 spiro atoms. The van der Waals surface area contributed by atoms with E-state index in [9.17, 15) is 9.90 Å². The maximum Gasteiger partial charge on any atom is 0.335 e. The van der Waals surface area contributed by atoms with Gasteiger partial charge < -0.3 is 9.84 Å². The molecule has 4 unspecified atom stereocenters. The molecule has 0 amide bonds. The summed E-state index contributed by atoms with van der Waals surface area (Å²) >= 11 is 0. The molecular formula is C15H23NO3. The van der Waals surface area contributed by atoms with Gasteiger partial charge in [-0.25, -0.2) is 4.79 Å². The normalized spacial score (nSPS) is 49.7. The lowest BCUT2D eigenvalue weighted by Crippen LogP contribution is -2.64. The van der Waals surface area contributed by atoms with Crippen LogP contribution in [-0.2, 0) is 9.53 Å². The van der Waals surface area contributed by atoms with E-state index in [1.54, 1.807) is 6.92 Å². The number of esters is 1. The lowest BCUT2D eigenvalue weighted by atomic mass is 9.51. The van der Waals surface area contributed by atoms with E-state index in [0.29, 0.717) is 24.3 Å². The number of hydrogen-bond acceptors (Lipinski definition) is 4. The molecule has 2 aliphatic carbocycles.